The molecule has 0 atom stereocenters. The highest BCUT2D eigenvalue weighted by Crippen LogP contribution is 2.16. The fourth-order valence-electron chi connectivity index (χ4n) is 2.08. The number of nitrogens with one attached hydrogen (secondary N) is 1. The summed E-state index contributed by atoms with van der Waals surface area (Å²) in [5, 5.41) is 7.76. The molecule has 2 rings (SSSR count). The van der Waals surface area contributed by atoms with E-state index in [2.05, 4.69) is 36.4 Å². The van der Waals surface area contributed by atoms with Gasteiger partial charge in [-0.2, -0.15) is 5.10 Å². The van der Waals surface area contributed by atoms with Crippen molar-refractivity contribution in [3.8, 4) is 0 Å². The molecule has 0 fully saturated rings. The lowest BCUT2D eigenvalue weighted by atomic mass is 10.2. The van der Waals surface area contributed by atoms with Crippen LogP contribution in [0.2, 0.25) is 0 Å². The summed E-state index contributed by atoms with van der Waals surface area (Å²) < 4.78 is 7.76. The minimum atomic E-state index is 0.701. The van der Waals surface area contributed by atoms with Crippen molar-refractivity contribution in [2.45, 2.75) is 40.8 Å². The Morgan fingerprint density at radius 3 is 2.67 bits per heavy atom. The van der Waals surface area contributed by atoms with Crippen LogP contribution in [-0.4, -0.2) is 16.3 Å². The van der Waals surface area contributed by atoms with Crippen LogP contribution in [-0.2, 0) is 13.1 Å². The van der Waals surface area contributed by atoms with Crippen LogP contribution in [0.15, 0.2) is 16.5 Å². The van der Waals surface area contributed by atoms with Crippen molar-refractivity contribution in [2.75, 3.05) is 6.54 Å². The summed E-state index contributed by atoms with van der Waals surface area (Å²) >= 11 is 0. The highest BCUT2D eigenvalue weighted by molar-refractivity contribution is 5.21. The molecule has 98 valence electrons. The highest BCUT2D eigenvalue weighted by atomic mass is 16.3. The molecule has 0 aromatic carbocycles. The van der Waals surface area contributed by atoms with E-state index in [0.29, 0.717) is 6.54 Å². The van der Waals surface area contributed by atoms with E-state index in [1.807, 2.05) is 18.5 Å². The van der Waals surface area contributed by atoms with E-state index < -0.39 is 0 Å². The van der Waals surface area contributed by atoms with Crippen molar-refractivity contribution in [3.05, 3.63) is 40.6 Å². The summed E-state index contributed by atoms with van der Waals surface area (Å²) in [7, 11) is 0. The van der Waals surface area contributed by atoms with Gasteiger partial charge in [-0.15, -0.1) is 0 Å². The molecule has 0 saturated carbocycles. The molecule has 1 N–H and O–H groups in total. The van der Waals surface area contributed by atoms with Crippen molar-refractivity contribution in [1.29, 1.82) is 0 Å². The van der Waals surface area contributed by atoms with Gasteiger partial charge in [-0.25, -0.2) is 0 Å². The number of furan rings is 1. The topological polar surface area (TPSA) is 43.0 Å². The average molecular weight is 247 g/mol. The van der Waals surface area contributed by atoms with Crippen LogP contribution in [0.1, 0.15) is 35.4 Å². The molecule has 0 aliphatic carbocycles. The highest BCUT2D eigenvalue weighted by Gasteiger charge is 2.09. The minimum Gasteiger partial charge on any atom is -0.464 e. The molecule has 2 aromatic heterocycles. The van der Waals surface area contributed by atoms with Gasteiger partial charge in [0.1, 0.15) is 11.5 Å². The molecule has 0 aliphatic heterocycles. The van der Waals surface area contributed by atoms with Crippen LogP contribution in [0.3, 0.4) is 0 Å². The Bertz CT molecular complexity index is 525. The maximum absolute atomic E-state index is 5.78. The number of hydrogen-bond donors (Lipinski definition) is 1. The van der Waals surface area contributed by atoms with E-state index in [4.69, 9.17) is 4.42 Å². The zero-order valence-electron chi connectivity index (χ0n) is 11.6. The molecule has 2 heterocycles. The number of hydrogen-bond acceptors (Lipinski definition) is 3. The third-order valence-corrected chi connectivity index (χ3v) is 3.05. The normalized spacial score (nSPS) is 11.1. The van der Waals surface area contributed by atoms with Gasteiger partial charge in [0, 0.05) is 17.8 Å². The van der Waals surface area contributed by atoms with Crippen LogP contribution in [0.5, 0.6) is 0 Å². The second-order valence-corrected chi connectivity index (χ2v) is 4.66. The Morgan fingerprint density at radius 1 is 1.28 bits per heavy atom. The number of nitrogens with zero attached hydrogens (tertiary/aromatic N) is 2. The lowest BCUT2D eigenvalue weighted by Gasteiger charge is -2.00. The van der Waals surface area contributed by atoms with Crippen molar-refractivity contribution in [1.82, 2.24) is 15.1 Å². The van der Waals surface area contributed by atoms with Crippen LogP contribution < -0.4 is 5.32 Å². The smallest absolute Gasteiger partial charge is 0.125 e. The molecule has 0 saturated heterocycles. The Hall–Kier alpha value is -1.55. The largest absolute Gasteiger partial charge is 0.464 e. The van der Waals surface area contributed by atoms with Crippen molar-refractivity contribution < 1.29 is 4.42 Å². The monoisotopic (exact) mass is 247 g/mol. The summed E-state index contributed by atoms with van der Waals surface area (Å²) in [6, 6.07) is 4.20. The molecule has 4 nitrogen and oxygen atoms in total. The van der Waals surface area contributed by atoms with Gasteiger partial charge in [0.05, 0.1) is 12.2 Å². The molecular weight excluding hydrogens is 226 g/mol. The van der Waals surface area contributed by atoms with Crippen LogP contribution >= 0.6 is 0 Å². The third kappa shape index (κ3) is 2.82. The van der Waals surface area contributed by atoms with Crippen LogP contribution in [0.25, 0.3) is 0 Å². The van der Waals surface area contributed by atoms with Crippen molar-refractivity contribution >= 4 is 0 Å². The quantitative estimate of drug-likeness (QED) is 0.883. The summed E-state index contributed by atoms with van der Waals surface area (Å²) in [4.78, 5) is 0. The SMILES string of the molecule is CCNCc1cc(Cn2nc(C)cc2C)oc1C. The third-order valence-electron chi connectivity index (χ3n) is 3.05. The standard InChI is InChI=1S/C14H21N3O/c1-5-15-8-13-7-14(18-12(13)4)9-17-11(3)6-10(2)16-17/h6-7,15H,5,8-9H2,1-4H3. The Balaban J connectivity index is 2.12. The number of aryl methyl sites for hydroxylation is 3. The Labute approximate surface area is 108 Å². The molecule has 0 bridgehead atoms. The van der Waals surface area contributed by atoms with Gasteiger partial charge in [0.25, 0.3) is 0 Å². The van der Waals surface area contributed by atoms with Crippen molar-refractivity contribution in [3.63, 3.8) is 0 Å². The van der Waals surface area contributed by atoms with Gasteiger partial charge in [0.2, 0.25) is 0 Å². The maximum atomic E-state index is 5.78. The van der Waals surface area contributed by atoms with E-state index in [0.717, 1.165) is 36.0 Å². The van der Waals surface area contributed by atoms with Gasteiger partial charge < -0.3 is 9.73 Å². The van der Waals surface area contributed by atoms with E-state index in [9.17, 15) is 0 Å². The summed E-state index contributed by atoms with van der Waals surface area (Å²) in [5.41, 5.74) is 3.44. The van der Waals surface area contributed by atoms with E-state index in [-0.39, 0.29) is 0 Å². The predicted octanol–water partition coefficient (Wildman–Crippen LogP) is 2.56. The Morgan fingerprint density at radius 2 is 2.06 bits per heavy atom. The molecule has 0 aliphatic rings. The molecule has 18 heavy (non-hydrogen) atoms. The van der Waals surface area contributed by atoms with E-state index in [1.54, 1.807) is 0 Å². The van der Waals surface area contributed by atoms with Gasteiger partial charge in [-0.1, -0.05) is 6.92 Å². The van der Waals surface area contributed by atoms with E-state index >= 15 is 0 Å². The molecule has 2 aromatic rings. The summed E-state index contributed by atoms with van der Waals surface area (Å²) in [5.74, 6) is 1.96. The lowest BCUT2D eigenvalue weighted by Crippen LogP contribution is -2.11. The fraction of sp³-hybridized carbons (Fsp3) is 0.500. The zero-order valence-corrected chi connectivity index (χ0v) is 11.6. The summed E-state index contributed by atoms with van der Waals surface area (Å²) in [6.07, 6.45) is 0. The molecule has 0 unspecified atom stereocenters. The van der Waals surface area contributed by atoms with Crippen molar-refractivity contribution in [2.24, 2.45) is 0 Å². The molecule has 0 radical (unpaired) electrons. The van der Waals surface area contributed by atoms with E-state index in [1.165, 1.54) is 5.56 Å². The zero-order chi connectivity index (χ0) is 13.1. The molecule has 0 spiro atoms. The number of rotatable bonds is 5. The van der Waals surface area contributed by atoms with Gasteiger partial charge in [0.15, 0.2) is 0 Å². The predicted molar refractivity (Wildman–Crippen MR) is 71.6 cm³/mol. The van der Waals surface area contributed by atoms with Crippen LogP contribution in [0.4, 0.5) is 0 Å². The number of aromatic nitrogens is 2. The first-order chi connectivity index (χ1) is 8.60. The molecular formula is C14H21N3O. The second kappa shape index (κ2) is 5.40. The average Bonchev–Trinajstić information content (AvgIpc) is 2.80. The van der Waals surface area contributed by atoms with Gasteiger partial charge >= 0.3 is 0 Å². The first-order valence-electron chi connectivity index (χ1n) is 6.40. The lowest BCUT2D eigenvalue weighted by molar-refractivity contribution is 0.453. The first-order valence-corrected chi connectivity index (χ1v) is 6.40. The maximum Gasteiger partial charge on any atom is 0.125 e. The fourth-order valence-corrected chi connectivity index (χ4v) is 2.08. The van der Waals surface area contributed by atoms with Crippen LogP contribution in [0, 0.1) is 20.8 Å². The Kier molecular flexibility index (Phi) is 3.87. The second-order valence-electron chi connectivity index (χ2n) is 4.66. The summed E-state index contributed by atoms with van der Waals surface area (Å²) in [6.45, 7) is 10.7. The molecule has 0 amide bonds. The minimum absolute atomic E-state index is 0.701. The van der Waals surface area contributed by atoms with Gasteiger partial charge in [-0.05, 0) is 39.4 Å². The first kappa shape index (κ1) is 12.9. The van der Waals surface area contributed by atoms with Gasteiger partial charge in [-0.3, -0.25) is 4.68 Å². The molecule has 4 heteroatoms.